The summed E-state index contributed by atoms with van der Waals surface area (Å²) in [7, 11) is 5.54. The largest absolute Gasteiger partial charge is 0.504 e. The van der Waals surface area contributed by atoms with E-state index in [9.17, 15) is 0 Å². The van der Waals surface area contributed by atoms with Crippen molar-refractivity contribution in [3.8, 4) is 0 Å². The number of hydrogen-bond donors (Lipinski definition) is 0. The first-order valence-corrected chi connectivity index (χ1v) is 4.95. The second kappa shape index (κ2) is 1.67. The van der Waals surface area contributed by atoms with Gasteiger partial charge in [-0.15, -0.1) is 4.05 Å². The van der Waals surface area contributed by atoms with E-state index in [2.05, 4.69) is 0 Å². The molecule has 0 atom stereocenters. The van der Waals surface area contributed by atoms with Crippen molar-refractivity contribution >= 4 is 28.3 Å². The molecule has 0 aromatic heterocycles. The van der Waals surface area contributed by atoms with Crippen molar-refractivity contribution in [1.82, 2.24) is 0 Å². The average molecular weight is 101 g/mol. The van der Waals surface area contributed by atoms with Crippen LogP contribution in [0.15, 0.2) is 0 Å². The Balaban J connectivity index is 2.00. The molecule has 0 bridgehead atoms. The predicted octanol–water partition coefficient (Wildman–Crippen LogP) is 1.43. The summed E-state index contributed by atoms with van der Waals surface area (Å²) in [5, 5.41) is 0. The number of hydrogen-bond acceptors (Lipinski definition) is 0. The van der Waals surface area contributed by atoms with E-state index in [1.807, 2.05) is 0 Å². The Labute approximate surface area is 45.4 Å². The minimum atomic E-state index is -0.0679. The van der Waals surface area contributed by atoms with Gasteiger partial charge in [0.2, 0.25) is 0 Å². The molecule has 26 valence electrons. The van der Waals surface area contributed by atoms with Gasteiger partial charge in [0.15, 0.2) is 0 Å². The molecule has 1 aliphatic carbocycles. The van der Waals surface area contributed by atoms with Crippen molar-refractivity contribution in [2.75, 3.05) is 0 Å². The van der Waals surface area contributed by atoms with Crippen LogP contribution in [0.5, 0.6) is 0 Å². The van der Waals surface area contributed by atoms with Crippen LogP contribution in [-0.4, -0.2) is 19.3 Å². The van der Waals surface area contributed by atoms with E-state index in [0.717, 1.165) is 4.05 Å². The second-order valence-electron chi connectivity index (χ2n) is 1.60. The summed E-state index contributed by atoms with van der Waals surface area (Å²) in [4.78, 5) is 0. The lowest BCUT2D eigenvalue weighted by Crippen LogP contribution is -1.66. The molecular weight excluding hydrogens is 95.8 g/mol. The van der Waals surface area contributed by atoms with E-state index in [4.69, 9.17) is 9.07 Å². The Hall–Kier alpha value is 1.06. The predicted molar refractivity (Wildman–Crippen MR) is 24.6 cm³/mol. The zero-order valence-corrected chi connectivity index (χ0v) is 5.25. The van der Waals surface area contributed by atoms with E-state index < -0.39 is 0 Å². The molecule has 0 amide bonds. The quantitative estimate of drug-likeness (QED) is 0.438. The first-order chi connectivity index (χ1) is 2.43. The lowest BCUT2D eigenvalue weighted by molar-refractivity contribution is 1.47. The van der Waals surface area contributed by atoms with Gasteiger partial charge in [0.25, 0.3) is 0 Å². The van der Waals surface area contributed by atoms with E-state index in [1.54, 1.807) is 0 Å². The van der Waals surface area contributed by atoms with E-state index in [-0.39, 0.29) is 19.3 Å². The van der Waals surface area contributed by atoms with Crippen molar-refractivity contribution in [2.45, 2.75) is 16.9 Å². The molecule has 5 heavy (non-hydrogen) atoms. The van der Waals surface area contributed by atoms with Crippen LogP contribution in [0.3, 0.4) is 0 Å². The Kier molecular flexibility index (Phi) is 1.41. The Morgan fingerprint density at radius 1 is 1.60 bits per heavy atom. The lowest BCUT2D eigenvalue weighted by Gasteiger charge is -1.63. The number of halogens is 1. The molecule has 2 heteroatoms. The van der Waals surface area contributed by atoms with Crippen LogP contribution in [0.2, 0.25) is 4.05 Å². The van der Waals surface area contributed by atoms with E-state index >= 15 is 0 Å². The van der Waals surface area contributed by atoms with Gasteiger partial charge in [-0.2, -0.15) is 0 Å². The first kappa shape index (κ1) is 4.22. The van der Waals surface area contributed by atoms with Crippen molar-refractivity contribution in [3.05, 3.63) is 0 Å². The highest BCUT2D eigenvalue weighted by atomic mass is 35.5. The van der Waals surface area contributed by atoms with Crippen molar-refractivity contribution in [3.63, 3.8) is 0 Å². The number of rotatable bonds is 1. The van der Waals surface area contributed by atoms with Crippen molar-refractivity contribution < 1.29 is 0 Å². The Bertz CT molecular complexity index is 33.9. The zero-order chi connectivity index (χ0) is 3.70. The third kappa shape index (κ3) is 1.29. The van der Waals surface area contributed by atoms with Gasteiger partial charge >= 0.3 is 19.3 Å². The normalized spacial score (nSPS) is 21.8. The van der Waals surface area contributed by atoms with Gasteiger partial charge in [0.1, 0.15) is 0 Å². The molecule has 0 heterocycles. The maximum atomic E-state index is 5.54. The SMILES string of the molecule is [Cl][Mg][CH]1CC1. The molecule has 1 aliphatic rings. The smallest absolute Gasteiger partial charge is 0.346 e. The monoisotopic (exact) mass is 100.0 g/mol. The minimum absolute atomic E-state index is 0.0679. The summed E-state index contributed by atoms with van der Waals surface area (Å²) in [6, 6.07) is 0. The third-order valence-electron chi connectivity index (χ3n) is 0.915. The Morgan fingerprint density at radius 3 is 2.20 bits per heavy atom. The van der Waals surface area contributed by atoms with Crippen LogP contribution in [0.4, 0.5) is 0 Å². The summed E-state index contributed by atoms with van der Waals surface area (Å²) in [5.74, 6) is 0. The van der Waals surface area contributed by atoms with Crippen LogP contribution in [0, 0.1) is 0 Å². The van der Waals surface area contributed by atoms with Crippen LogP contribution < -0.4 is 0 Å². The molecule has 1 saturated carbocycles. The lowest BCUT2D eigenvalue weighted by atomic mass is 11.0. The molecule has 1 fully saturated rings. The van der Waals surface area contributed by atoms with E-state index in [1.165, 1.54) is 12.8 Å². The van der Waals surface area contributed by atoms with Gasteiger partial charge in [0, 0.05) is 0 Å². The Morgan fingerprint density at radius 2 is 2.20 bits per heavy atom. The fourth-order valence-electron chi connectivity index (χ4n) is 0.272. The van der Waals surface area contributed by atoms with Gasteiger partial charge in [0.05, 0.1) is 0 Å². The second-order valence-corrected chi connectivity index (χ2v) is 3.99. The summed E-state index contributed by atoms with van der Waals surface area (Å²) < 4.78 is 1.04. The summed E-state index contributed by atoms with van der Waals surface area (Å²) in [5.41, 5.74) is 0. The maximum Gasteiger partial charge on any atom is 0.504 e. The highest BCUT2D eigenvalue weighted by Gasteiger charge is 2.21. The molecule has 1 rings (SSSR count). The molecule has 0 spiro atoms. The summed E-state index contributed by atoms with van der Waals surface area (Å²) >= 11 is -0.0679. The van der Waals surface area contributed by atoms with Gasteiger partial charge < -0.3 is 9.07 Å². The molecule has 0 aromatic carbocycles. The third-order valence-corrected chi connectivity index (χ3v) is 3.48. The molecule has 0 saturated heterocycles. The van der Waals surface area contributed by atoms with Gasteiger partial charge in [-0.3, -0.25) is 0 Å². The fourth-order valence-corrected chi connectivity index (χ4v) is 1.74. The zero-order valence-electron chi connectivity index (χ0n) is 3.08. The molecule has 0 radical (unpaired) electrons. The molecule has 0 unspecified atom stereocenters. The maximum absolute atomic E-state index is 5.54. The van der Waals surface area contributed by atoms with Gasteiger partial charge in [-0.1, -0.05) is 12.8 Å². The fraction of sp³-hybridized carbons (Fsp3) is 1.00. The first-order valence-electron chi connectivity index (χ1n) is 1.99. The summed E-state index contributed by atoms with van der Waals surface area (Å²) in [6.45, 7) is 0. The average Bonchev–Trinajstić information content (AvgIpc) is 2.12. The minimum Gasteiger partial charge on any atom is -0.346 e. The molecular formula is C3H5ClMg. The van der Waals surface area contributed by atoms with Crippen LogP contribution in [-0.2, 0) is 0 Å². The van der Waals surface area contributed by atoms with Crippen LogP contribution >= 0.6 is 9.07 Å². The summed E-state index contributed by atoms with van der Waals surface area (Å²) in [6.07, 6.45) is 2.88. The van der Waals surface area contributed by atoms with Crippen LogP contribution in [0.1, 0.15) is 12.8 Å². The van der Waals surface area contributed by atoms with Crippen LogP contribution in [0.25, 0.3) is 0 Å². The van der Waals surface area contributed by atoms with E-state index in [0.29, 0.717) is 0 Å². The standard InChI is InChI=1S/C3H5.ClH.Mg/c1-2-3-1;;/h1H,2-3H2;1H;/q;;+1/p-1. The molecule has 0 aromatic rings. The molecule has 0 aliphatic heterocycles. The van der Waals surface area contributed by atoms with Crippen molar-refractivity contribution in [1.29, 1.82) is 0 Å². The highest BCUT2D eigenvalue weighted by molar-refractivity contribution is 6.94. The van der Waals surface area contributed by atoms with Gasteiger partial charge in [-0.05, 0) is 0 Å². The topological polar surface area (TPSA) is 0 Å². The molecule has 0 nitrogen and oxygen atoms in total. The molecule has 0 N–H and O–H groups in total. The van der Waals surface area contributed by atoms with Gasteiger partial charge in [-0.25, -0.2) is 0 Å². The van der Waals surface area contributed by atoms with Crippen molar-refractivity contribution in [2.24, 2.45) is 0 Å². The highest BCUT2D eigenvalue weighted by Crippen LogP contribution is 2.35.